The lowest BCUT2D eigenvalue weighted by Crippen LogP contribution is -2.33. The third-order valence-electron chi connectivity index (χ3n) is 5.65. The molecule has 1 unspecified atom stereocenters. The van der Waals surface area contributed by atoms with Crippen LogP contribution in [0.1, 0.15) is 36.3 Å². The van der Waals surface area contributed by atoms with Crippen molar-refractivity contribution in [1.82, 2.24) is 15.0 Å². The van der Waals surface area contributed by atoms with Crippen LogP contribution < -0.4 is 10.5 Å². The summed E-state index contributed by atoms with van der Waals surface area (Å²) in [6, 6.07) is 5.54. The van der Waals surface area contributed by atoms with Gasteiger partial charge in [0.05, 0.1) is 16.0 Å². The maximum absolute atomic E-state index is 10.9. The number of hydrogen-bond donors (Lipinski definition) is 3. The summed E-state index contributed by atoms with van der Waals surface area (Å²) in [5.41, 5.74) is 7.57. The number of carbonyl (C=O) groups is 1. The van der Waals surface area contributed by atoms with Gasteiger partial charge in [-0.15, -0.1) is 11.3 Å². The molecule has 9 nitrogen and oxygen atoms in total. The number of carbonyl (C=O) groups excluding carboxylic acids is 1. The number of aliphatic hydroxyl groups excluding tert-OH is 2. The summed E-state index contributed by atoms with van der Waals surface area (Å²) in [6.07, 6.45) is -2.76. The minimum Gasteiger partial charge on any atom is -0.489 e. The fourth-order valence-electron chi connectivity index (χ4n) is 3.54. The van der Waals surface area contributed by atoms with Gasteiger partial charge in [-0.3, -0.25) is 9.69 Å². The monoisotopic (exact) mass is 522 g/mol. The van der Waals surface area contributed by atoms with E-state index in [1.54, 1.807) is 24.3 Å². The molecule has 2 aromatic heterocycles. The van der Waals surface area contributed by atoms with Crippen molar-refractivity contribution in [2.45, 2.75) is 52.9 Å². The zero-order valence-electron chi connectivity index (χ0n) is 20.2. The van der Waals surface area contributed by atoms with E-state index >= 15 is 0 Å². The molecule has 0 bridgehead atoms. The van der Waals surface area contributed by atoms with Crippen molar-refractivity contribution in [1.29, 1.82) is 0 Å². The van der Waals surface area contributed by atoms with Crippen molar-refractivity contribution in [3.63, 3.8) is 0 Å². The lowest BCUT2D eigenvalue weighted by molar-refractivity contribution is -0.127. The van der Waals surface area contributed by atoms with E-state index in [1.165, 1.54) is 10.4 Å². The van der Waals surface area contributed by atoms with Crippen molar-refractivity contribution in [2.75, 3.05) is 19.7 Å². The van der Waals surface area contributed by atoms with Crippen molar-refractivity contribution < 1.29 is 24.3 Å². The number of primary amides is 1. The summed E-state index contributed by atoms with van der Waals surface area (Å²) >= 11 is 8.08. The van der Waals surface area contributed by atoms with Crippen molar-refractivity contribution >= 4 is 28.8 Å². The summed E-state index contributed by atoms with van der Waals surface area (Å²) in [7, 11) is 0. The zero-order chi connectivity index (χ0) is 25.7. The first-order chi connectivity index (χ1) is 16.6. The van der Waals surface area contributed by atoms with Gasteiger partial charge in [-0.05, 0) is 56.3 Å². The molecule has 3 rings (SSSR count). The molecule has 2 heterocycles. The molecule has 11 heteroatoms. The maximum Gasteiger partial charge on any atom is 0.268 e. The number of aliphatic hydroxyl groups is 2. The molecule has 1 aromatic carbocycles. The minimum absolute atomic E-state index is 0.163. The van der Waals surface area contributed by atoms with E-state index in [9.17, 15) is 15.0 Å². The summed E-state index contributed by atoms with van der Waals surface area (Å²) < 4.78 is 11.2. The van der Waals surface area contributed by atoms with Gasteiger partial charge < -0.3 is 25.2 Å². The number of benzene rings is 1. The summed E-state index contributed by atoms with van der Waals surface area (Å²) in [5.74, 6) is 0.322. The van der Waals surface area contributed by atoms with Gasteiger partial charge in [0, 0.05) is 23.4 Å². The molecule has 2 atom stereocenters. The zero-order valence-corrected chi connectivity index (χ0v) is 21.8. The Hall–Kier alpha value is -2.50. The van der Waals surface area contributed by atoms with Crippen molar-refractivity contribution in [3.8, 4) is 27.9 Å². The Morgan fingerprint density at radius 3 is 2.57 bits per heavy atom. The molecule has 35 heavy (non-hydrogen) atoms. The van der Waals surface area contributed by atoms with Gasteiger partial charge in [0.25, 0.3) is 5.89 Å². The summed E-state index contributed by atoms with van der Waals surface area (Å²) in [4.78, 5) is 20.1. The molecular formula is C24H31ClN4O5S. The molecule has 3 aromatic rings. The van der Waals surface area contributed by atoms with Crippen LogP contribution in [0.2, 0.25) is 5.02 Å². The van der Waals surface area contributed by atoms with Gasteiger partial charge in [0.2, 0.25) is 11.7 Å². The van der Waals surface area contributed by atoms with E-state index in [-0.39, 0.29) is 13.0 Å². The first-order valence-electron chi connectivity index (χ1n) is 11.4. The van der Waals surface area contributed by atoms with Gasteiger partial charge >= 0.3 is 0 Å². The van der Waals surface area contributed by atoms with Crippen LogP contribution >= 0.6 is 22.9 Å². The Morgan fingerprint density at radius 1 is 1.23 bits per heavy atom. The number of rotatable bonds is 12. The van der Waals surface area contributed by atoms with Crippen LogP contribution in [0.5, 0.6) is 5.75 Å². The second-order valence-corrected chi connectivity index (χ2v) is 9.87. The van der Waals surface area contributed by atoms with Crippen molar-refractivity contribution in [3.05, 3.63) is 39.2 Å². The standard InChI is InChI=1S/C24H31ClN4O5S/c1-5-29(6-2)11-20-13(3)8-19(35-20)24-27-23(28-34-24)15-7-14(4)21(17(25)9-15)33-12-16(30)10-18(31)22(26)32/h7-9,16,18,30-31H,5-6,10-12H2,1-4H3,(H2,26,32)/t16-,18?/m0/s1. The second-order valence-electron chi connectivity index (χ2n) is 8.32. The molecule has 0 saturated heterocycles. The van der Waals surface area contributed by atoms with Gasteiger partial charge in [-0.25, -0.2) is 0 Å². The van der Waals surface area contributed by atoms with Gasteiger partial charge in [-0.1, -0.05) is 30.6 Å². The SMILES string of the molecule is CCN(CC)Cc1sc(-c2nc(-c3cc(C)c(OC[C@@H](O)CC(O)C(N)=O)c(Cl)c3)no2)cc1C. The summed E-state index contributed by atoms with van der Waals surface area (Å²) in [5, 5.41) is 23.9. The van der Waals surface area contributed by atoms with Crippen LogP contribution in [-0.4, -0.2) is 63.1 Å². The molecule has 1 amide bonds. The Morgan fingerprint density at radius 2 is 1.94 bits per heavy atom. The van der Waals surface area contributed by atoms with E-state index < -0.39 is 18.1 Å². The van der Waals surface area contributed by atoms with Crippen LogP contribution in [0.4, 0.5) is 0 Å². The van der Waals surface area contributed by atoms with Gasteiger partial charge in [0.15, 0.2) is 0 Å². The number of amides is 1. The Labute approximate surface area is 213 Å². The number of nitrogens with zero attached hydrogens (tertiary/aromatic N) is 3. The molecule has 4 N–H and O–H groups in total. The molecule has 0 radical (unpaired) electrons. The van der Waals surface area contributed by atoms with E-state index in [0.717, 1.165) is 24.5 Å². The topological polar surface area (TPSA) is 135 Å². The largest absolute Gasteiger partial charge is 0.489 e. The lowest BCUT2D eigenvalue weighted by Gasteiger charge is -2.17. The van der Waals surface area contributed by atoms with Crippen LogP contribution in [0.3, 0.4) is 0 Å². The van der Waals surface area contributed by atoms with Gasteiger partial charge in [-0.2, -0.15) is 4.98 Å². The van der Waals surface area contributed by atoms with E-state index in [1.807, 2.05) is 6.07 Å². The third kappa shape index (κ3) is 6.80. The quantitative estimate of drug-likeness (QED) is 0.328. The highest BCUT2D eigenvalue weighted by atomic mass is 35.5. The maximum atomic E-state index is 10.9. The molecule has 0 saturated carbocycles. The number of aromatic nitrogens is 2. The number of ether oxygens (including phenoxy) is 1. The lowest BCUT2D eigenvalue weighted by atomic mass is 10.1. The predicted molar refractivity (Wildman–Crippen MR) is 135 cm³/mol. The average molecular weight is 523 g/mol. The Bertz CT molecular complexity index is 1140. The highest BCUT2D eigenvalue weighted by molar-refractivity contribution is 7.15. The average Bonchev–Trinajstić information content (AvgIpc) is 3.43. The highest BCUT2D eigenvalue weighted by Gasteiger charge is 2.20. The van der Waals surface area contributed by atoms with E-state index in [4.69, 9.17) is 26.6 Å². The minimum atomic E-state index is -1.44. The first kappa shape index (κ1) is 27.1. The van der Waals surface area contributed by atoms with Crippen LogP contribution in [0, 0.1) is 13.8 Å². The molecule has 190 valence electrons. The molecule has 0 spiro atoms. The second kappa shape index (κ2) is 12.0. The number of hydrogen-bond acceptors (Lipinski definition) is 9. The fourth-order valence-corrected chi connectivity index (χ4v) is 5.00. The van der Waals surface area contributed by atoms with E-state index in [0.29, 0.717) is 33.6 Å². The fraction of sp³-hybridized carbons (Fsp3) is 0.458. The number of nitrogens with two attached hydrogens (primary N) is 1. The Balaban J connectivity index is 1.73. The van der Waals surface area contributed by atoms with E-state index in [2.05, 4.69) is 41.9 Å². The van der Waals surface area contributed by atoms with Gasteiger partial charge in [0.1, 0.15) is 18.5 Å². The molecular weight excluding hydrogens is 492 g/mol. The van der Waals surface area contributed by atoms with Crippen LogP contribution in [0.15, 0.2) is 22.7 Å². The molecule has 0 fully saturated rings. The normalized spacial score (nSPS) is 13.3. The van der Waals surface area contributed by atoms with Crippen LogP contribution in [-0.2, 0) is 11.3 Å². The molecule has 0 aliphatic heterocycles. The molecule has 0 aliphatic carbocycles. The highest BCUT2D eigenvalue weighted by Crippen LogP contribution is 2.36. The van der Waals surface area contributed by atoms with Crippen LogP contribution in [0.25, 0.3) is 22.2 Å². The molecule has 0 aliphatic rings. The number of thiophene rings is 1. The third-order valence-corrected chi connectivity index (χ3v) is 7.14. The number of aryl methyl sites for hydroxylation is 2. The summed E-state index contributed by atoms with van der Waals surface area (Å²) in [6.45, 7) is 10.9. The number of halogens is 1. The van der Waals surface area contributed by atoms with Crippen molar-refractivity contribution in [2.24, 2.45) is 5.73 Å². The predicted octanol–water partition coefficient (Wildman–Crippen LogP) is 3.55. The smallest absolute Gasteiger partial charge is 0.268 e. The first-order valence-corrected chi connectivity index (χ1v) is 12.6. The Kier molecular flexibility index (Phi) is 9.26.